The summed E-state index contributed by atoms with van der Waals surface area (Å²) in [5.41, 5.74) is 4.98. The first-order valence-corrected chi connectivity index (χ1v) is 5.95. The lowest BCUT2D eigenvalue weighted by Crippen LogP contribution is -2.15. The number of halogens is 1. The topological polar surface area (TPSA) is 123 Å². The van der Waals surface area contributed by atoms with Crippen molar-refractivity contribution < 1.29 is 19.1 Å². The molecule has 4 N–H and O–H groups in total. The van der Waals surface area contributed by atoms with Crippen molar-refractivity contribution in [3.8, 4) is 0 Å². The second kappa shape index (κ2) is 6.09. The van der Waals surface area contributed by atoms with Crippen LogP contribution in [0.3, 0.4) is 0 Å². The second-order valence-electron chi connectivity index (χ2n) is 4.10. The van der Waals surface area contributed by atoms with Crippen molar-refractivity contribution in [1.82, 2.24) is 15.0 Å². The zero-order valence-corrected chi connectivity index (χ0v) is 10.8. The average molecular weight is 293 g/mol. The van der Waals surface area contributed by atoms with Gasteiger partial charge < -0.3 is 16.2 Å². The molecule has 0 unspecified atom stereocenters. The van der Waals surface area contributed by atoms with Crippen LogP contribution in [0.1, 0.15) is 20.8 Å². The molecule has 0 saturated heterocycles. The molecule has 1 amide bonds. The number of hydrogen-bond donors (Lipinski definition) is 3. The molecule has 0 bridgehead atoms. The van der Waals surface area contributed by atoms with E-state index in [1.807, 2.05) is 0 Å². The van der Waals surface area contributed by atoms with Crippen LogP contribution in [-0.2, 0) is 6.54 Å². The van der Waals surface area contributed by atoms with Crippen LogP contribution < -0.4 is 11.1 Å². The van der Waals surface area contributed by atoms with Gasteiger partial charge in [0.05, 0.1) is 24.0 Å². The van der Waals surface area contributed by atoms with Crippen LogP contribution in [-0.4, -0.2) is 38.5 Å². The highest BCUT2D eigenvalue weighted by Gasteiger charge is 2.16. The van der Waals surface area contributed by atoms with Crippen LogP contribution >= 0.6 is 0 Å². The number of carbonyl (C=O) groups is 2. The molecule has 0 atom stereocenters. The van der Waals surface area contributed by atoms with E-state index >= 15 is 0 Å². The fourth-order valence-corrected chi connectivity index (χ4v) is 1.63. The summed E-state index contributed by atoms with van der Waals surface area (Å²) >= 11 is 0. The zero-order valence-electron chi connectivity index (χ0n) is 10.8. The third-order valence-electron chi connectivity index (χ3n) is 2.59. The zero-order chi connectivity index (χ0) is 15.4. The van der Waals surface area contributed by atoms with Crippen LogP contribution in [0.4, 0.5) is 10.1 Å². The minimum absolute atomic E-state index is 0.00381. The molecule has 2 aromatic rings. The molecule has 0 aliphatic carbocycles. The van der Waals surface area contributed by atoms with E-state index in [4.69, 9.17) is 10.8 Å². The predicted molar refractivity (Wildman–Crippen MR) is 70.4 cm³/mol. The molecule has 9 heteroatoms. The van der Waals surface area contributed by atoms with E-state index in [9.17, 15) is 14.0 Å². The summed E-state index contributed by atoms with van der Waals surface area (Å²) in [6, 6.07) is 3.04. The molecule has 0 aliphatic heterocycles. The summed E-state index contributed by atoms with van der Waals surface area (Å²) in [5.74, 6) is -2.71. The first kappa shape index (κ1) is 14.6. The minimum Gasteiger partial charge on any atom is -0.478 e. The molecule has 0 fully saturated rings. The van der Waals surface area contributed by atoms with Crippen LogP contribution in [0.5, 0.6) is 0 Å². The van der Waals surface area contributed by atoms with E-state index < -0.39 is 17.7 Å². The van der Waals surface area contributed by atoms with E-state index in [0.717, 1.165) is 12.1 Å². The molecule has 1 aromatic carbocycles. The van der Waals surface area contributed by atoms with E-state index in [0.29, 0.717) is 13.1 Å². The van der Waals surface area contributed by atoms with Gasteiger partial charge >= 0.3 is 5.97 Å². The molecule has 0 saturated carbocycles. The van der Waals surface area contributed by atoms with Crippen LogP contribution in [0.25, 0.3) is 0 Å². The number of benzene rings is 1. The number of nitrogens with zero attached hydrogens (tertiary/aromatic N) is 3. The van der Waals surface area contributed by atoms with E-state index in [1.54, 1.807) is 0 Å². The molecule has 2 rings (SSSR count). The molecule has 1 aromatic heterocycles. The van der Waals surface area contributed by atoms with Gasteiger partial charge in [-0.25, -0.2) is 9.18 Å². The first-order valence-electron chi connectivity index (χ1n) is 5.95. The number of hydrogen-bond acceptors (Lipinski definition) is 5. The SMILES string of the molecule is NCCn1cc(C(=O)Nc2ccc(F)cc2C(=O)O)nn1. The number of rotatable bonds is 5. The van der Waals surface area contributed by atoms with Gasteiger partial charge in [0.25, 0.3) is 5.91 Å². The summed E-state index contributed by atoms with van der Waals surface area (Å²) in [7, 11) is 0. The van der Waals surface area contributed by atoms with Crippen molar-refractivity contribution in [2.24, 2.45) is 5.73 Å². The molecule has 21 heavy (non-hydrogen) atoms. The Balaban J connectivity index is 2.20. The maximum Gasteiger partial charge on any atom is 0.337 e. The van der Waals surface area contributed by atoms with Crippen molar-refractivity contribution in [3.63, 3.8) is 0 Å². The van der Waals surface area contributed by atoms with Gasteiger partial charge in [0.2, 0.25) is 0 Å². The number of amides is 1. The standard InChI is InChI=1S/C12H12FN5O3/c13-7-1-2-9(8(5-7)12(20)21)15-11(19)10-6-18(4-3-14)17-16-10/h1-2,5-6H,3-4,14H2,(H,15,19)(H,20,21). The molecule has 8 nitrogen and oxygen atoms in total. The van der Waals surface area contributed by atoms with Gasteiger partial charge in [0.15, 0.2) is 5.69 Å². The molecular weight excluding hydrogens is 281 g/mol. The molecule has 0 radical (unpaired) electrons. The monoisotopic (exact) mass is 293 g/mol. The predicted octanol–water partition coefficient (Wildman–Crippen LogP) is 0.326. The number of aromatic nitrogens is 3. The fraction of sp³-hybridized carbons (Fsp3) is 0.167. The highest BCUT2D eigenvalue weighted by atomic mass is 19.1. The summed E-state index contributed by atoms with van der Waals surface area (Å²) in [5, 5.41) is 18.7. The Bertz CT molecular complexity index is 685. The lowest BCUT2D eigenvalue weighted by molar-refractivity contribution is 0.0697. The second-order valence-corrected chi connectivity index (χ2v) is 4.10. The van der Waals surface area contributed by atoms with Crippen molar-refractivity contribution in [1.29, 1.82) is 0 Å². The van der Waals surface area contributed by atoms with E-state index in [2.05, 4.69) is 15.6 Å². The van der Waals surface area contributed by atoms with Crippen LogP contribution in [0.15, 0.2) is 24.4 Å². The van der Waals surface area contributed by atoms with Gasteiger partial charge in [-0.2, -0.15) is 0 Å². The average Bonchev–Trinajstić information content (AvgIpc) is 2.89. The molecule has 0 spiro atoms. The molecule has 1 heterocycles. The van der Waals surface area contributed by atoms with Gasteiger partial charge in [-0.05, 0) is 18.2 Å². The van der Waals surface area contributed by atoms with Crippen LogP contribution in [0, 0.1) is 5.82 Å². The van der Waals surface area contributed by atoms with Crippen molar-refractivity contribution >= 4 is 17.6 Å². The van der Waals surface area contributed by atoms with E-state index in [-0.39, 0.29) is 16.9 Å². The summed E-state index contributed by atoms with van der Waals surface area (Å²) in [4.78, 5) is 23.0. The quantitative estimate of drug-likeness (QED) is 0.729. The van der Waals surface area contributed by atoms with Crippen molar-refractivity contribution in [2.75, 3.05) is 11.9 Å². The van der Waals surface area contributed by atoms with Crippen molar-refractivity contribution in [2.45, 2.75) is 6.54 Å². The summed E-state index contributed by atoms with van der Waals surface area (Å²) < 4.78 is 14.4. The van der Waals surface area contributed by atoms with E-state index in [1.165, 1.54) is 16.9 Å². The van der Waals surface area contributed by atoms with Gasteiger partial charge in [-0.1, -0.05) is 5.21 Å². The Morgan fingerprint density at radius 2 is 2.19 bits per heavy atom. The highest BCUT2D eigenvalue weighted by Crippen LogP contribution is 2.17. The Morgan fingerprint density at radius 3 is 2.86 bits per heavy atom. The van der Waals surface area contributed by atoms with Crippen molar-refractivity contribution in [3.05, 3.63) is 41.5 Å². The Labute approximate surface area is 118 Å². The Hall–Kier alpha value is -2.81. The highest BCUT2D eigenvalue weighted by molar-refractivity contribution is 6.06. The summed E-state index contributed by atoms with van der Waals surface area (Å²) in [6.07, 6.45) is 1.38. The smallest absolute Gasteiger partial charge is 0.337 e. The maximum atomic E-state index is 13.0. The lowest BCUT2D eigenvalue weighted by Gasteiger charge is -2.06. The number of carboxylic acids is 1. The van der Waals surface area contributed by atoms with Gasteiger partial charge in [0, 0.05) is 6.54 Å². The summed E-state index contributed by atoms with van der Waals surface area (Å²) in [6.45, 7) is 0.739. The minimum atomic E-state index is -1.35. The first-order chi connectivity index (χ1) is 10.0. The third kappa shape index (κ3) is 3.39. The Morgan fingerprint density at radius 1 is 1.43 bits per heavy atom. The Kier molecular flexibility index (Phi) is 4.24. The van der Waals surface area contributed by atoms with Gasteiger partial charge in [-0.3, -0.25) is 9.48 Å². The number of carboxylic acid groups (broad SMARTS) is 1. The number of nitrogens with one attached hydrogen (secondary N) is 1. The van der Waals surface area contributed by atoms with Crippen LogP contribution in [0.2, 0.25) is 0 Å². The molecular formula is C12H12FN5O3. The van der Waals surface area contributed by atoms with Gasteiger partial charge in [0.1, 0.15) is 5.82 Å². The number of anilines is 1. The molecule has 0 aliphatic rings. The lowest BCUT2D eigenvalue weighted by atomic mass is 10.1. The number of aromatic carboxylic acids is 1. The third-order valence-corrected chi connectivity index (χ3v) is 2.59. The largest absolute Gasteiger partial charge is 0.478 e. The maximum absolute atomic E-state index is 13.0. The number of carbonyl (C=O) groups excluding carboxylic acids is 1. The normalized spacial score (nSPS) is 10.4. The fourth-order valence-electron chi connectivity index (χ4n) is 1.63. The number of nitrogens with two attached hydrogens (primary N) is 1. The van der Waals surface area contributed by atoms with Gasteiger partial charge in [-0.15, -0.1) is 5.10 Å². The molecule has 110 valence electrons.